The monoisotopic (exact) mass is 298 g/mol. The van der Waals surface area contributed by atoms with E-state index in [1.165, 1.54) is 12.1 Å². The van der Waals surface area contributed by atoms with E-state index in [-0.39, 0.29) is 23.2 Å². The first kappa shape index (κ1) is 14.3. The summed E-state index contributed by atoms with van der Waals surface area (Å²) in [7, 11) is 0. The molecule has 0 saturated heterocycles. The predicted molar refractivity (Wildman–Crippen MR) is 77.5 cm³/mol. The third kappa shape index (κ3) is 2.27. The van der Waals surface area contributed by atoms with Crippen LogP contribution in [0, 0.1) is 23.1 Å². The quantitative estimate of drug-likeness (QED) is 0.865. The van der Waals surface area contributed by atoms with Crippen LogP contribution in [0.15, 0.2) is 47.1 Å². The molecule has 1 aliphatic carbocycles. The van der Waals surface area contributed by atoms with E-state index in [1.54, 1.807) is 12.1 Å². The highest BCUT2D eigenvalue weighted by Gasteiger charge is 2.39. The third-order valence-electron chi connectivity index (χ3n) is 4.05. The molecular formula is C17H15FN2O2. The van der Waals surface area contributed by atoms with E-state index >= 15 is 0 Å². The normalized spacial score (nSPS) is 24.7. The molecule has 3 rings (SSSR count). The van der Waals surface area contributed by atoms with Crippen molar-refractivity contribution in [1.82, 2.24) is 0 Å². The van der Waals surface area contributed by atoms with Gasteiger partial charge < -0.3 is 10.5 Å². The van der Waals surface area contributed by atoms with E-state index in [9.17, 15) is 14.4 Å². The highest BCUT2D eigenvalue weighted by molar-refractivity contribution is 5.99. The molecule has 0 unspecified atom stereocenters. The highest BCUT2D eigenvalue weighted by Crippen LogP contribution is 2.44. The predicted octanol–water partition coefficient (Wildman–Crippen LogP) is 2.89. The van der Waals surface area contributed by atoms with Gasteiger partial charge in [0.05, 0.1) is 5.92 Å². The topological polar surface area (TPSA) is 76.1 Å². The molecule has 0 bridgehead atoms. The van der Waals surface area contributed by atoms with E-state index in [0.717, 1.165) is 0 Å². The van der Waals surface area contributed by atoms with Crippen molar-refractivity contribution in [2.75, 3.05) is 0 Å². The molecule has 1 aliphatic heterocycles. The van der Waals surface area contributed by atoms with Gasteiger partial charge in [0, 0.05) is 18.4 Å². The van der Waals surface area contributed by atoms with Gasteiger partial charge in [-0.25, -0.2) is 4.39 Å². The van der Waals surface area contributed by atoms with Gasteiger partial charge in [-0.05, 0) is 23.6 Å². The molecule has 2 atom stereocenters. The minimum absolute atomic E-state index is 0.00240. The third-order valence-corrected chi connectivity index (χ3v) is 4.05. The van der Waals surface area contributed by atoms with Crippen LogP contribution in [0.25, 0.3) is 0 Å². The van der Waals surface area contributed by atoms with Crippen molar-refractivity contribution in [2.24, 2.45) is 11.7 Å². The lowest BCUT2D eigenvalue weighted by Crippen LogP contribution is -2.29. The van der Waals surface area contributed by atoms with E-state index in [0.29, 0.717) is 29.7 Å². The van der Waals surface area contributed by atoms with Crippen LogP contribution in [0.5, 0.6) is 0 Å². The van der Waals surface area contributed by atoms with Gasteiger partial charge in [0.15, 0.2) is 5.78 Å². The first-order valence-corrected chi connectivity index (χ1v) is 7.10. The molecule has 0 fully saturated rings. The summed E-state index contributed by atoms with van der Waals surface area (Å²) in [6.45, 7) is 1.96. The Bertz CT molecular complexity index is 758. The van der Waals surface area contributed by atoms with Crippen molar-refractivity contribution in [2.45, 2.75) is 25.7 Å². The molecular weight excluding hydrogens is 283 g/mol. The van der Waals surface area contributed by atoms with Gasteiger partial charge in [-0.1, -0.05) is 19.1 Å². The van der Waals surface area contributed by atoms with Crippen LogP contribution < -0.4 is 5.73 Å². The fraction of sp³-hybridized carbons (Fsp3) is 0.294. The highest BCUT2D eigenvalue weighted by atomic mass is 19.1. The number of nitrogens with zero attached hydrogens (tertiary/aromatic N) is 1. The fourth-order valence-corrected chi connectivity index (χ4v) is 3.11. The summed E-state index contributed by atoms with van der Waals surface area (Å²) in [4.78, 5) is 12.5. The number of allylic oxidation sites excluding steroid dienone is 3. The Morgan fingerprint density at radius 1 is 1.41 bits per heavy atom. The van der Waals surface area contributed by atoms with Gasteiger partial charge in [-0.2, -0.15) is 5.26 Å². The molecule has 5 heteroatoms. The van der Waals surface area contributed by atoms with Crippen molar-refractivity contribution < 1.29 is 13.9 Å². The van der Waals surface area contributed by atoms with Gasteiger partial charge in [0.25, 0.3) is 0 Å². The number of hydrogen-bond acceptors (Lipinski definition) is 4. The van der Waals surface area contributed by atoms with Crippen molar-refractivity contribution in [3.8, 4) is 6.07 Å². The lowest BCUT2D eigenvalue weighted by atomic mass is 9.75. The van der Waals surface area contributed by atoms with E-state index in [4.69, 9.17) is 10.5 Å². The zero-order chi connectivity index (χ0) is 15.9. The van der Waals surface area contributed by atoms with Crippen LogP contribution in [0.1, 0.15) is 31.2 Å². The zero-order valence-electron chi connectivity index (χ0n) is 12.1. The van der Waals surface area contributed by atoms with E-state index in [2.05, 4.69) is 0 Å². The lowest BCUT2D eigenvalue weighted by molar-refractivity contribution is -0.117. The average molecular weight is 298 g/mol. The second kappa shape index (κ2) is 5.30. The summed E-state index contributed by atoms with van der Waals surface area (Å²) in [5.41, 5.74) is 6.99. The number of rotatable bonds is 1. The molecule has 0 spiro atoms. The second-order valence-electron chi connectivity index (χ2n) is 5.75. The minimum atomic E-state index is -0.649. The molecule has 1 aromatic carbocycles. The van der Waals surface area contributed by atoms with E-state index < -0.39 is 11.7 Å². The lowest BCUT2D eigenvalue weighted by Gasteiger charge is -2.32. The Morgan fingerprint density at radius 3 is 2.86 bits per heavy atom. The number of hydrogen-bond donors (Lipinski definition) is 1. The van der Waals surface area contributed by atoms with Gasteiger partial charge >= 0.3 is 0 Å². The van der Waals surface area contributed by atoms with Crippen molar-refractivity contribution >= 4 is 5.78 Å². The Hall–Kier alpha value is -2.61. The SMILES string of the molecule is C[C@H]1CC(=O)C2=C(C1)OC(N)=C(C#N)[C@H]2c1cccc(F)c1. The maximum absolute atomic E-state index is 13.6. The Morgan fingerprint density at radius 2 is 2.18 bits per heavy atom. The van der Waals surface area contributed by atoms with Crippen LogP contribution in [-0.2, 0) is 9.53 Å². The zero-order valence-corrected chi connectivity index (χ0v) is 12.1. The molecule has 0 radical (unpaired) electrons. The Labute approximate surface area is 127 Å². The number of ketones is 1. The summed E-state index contributed by atoms with van der Waals surface area (Å²) in [6, 6.07) is 7.91. The first-order valence-electron chi connectivity index (χ1n) is 7.10. The van der Waals surface area contributed by atoms with Crippen LogP contribution in [0.4, 0.5) is 4.39 Å². The van der Waals surface area contributed by atoms with Crippen LogP contribution >= 0.6 is 0 Å². The molecule has 112 valence electrons. The number of ether oxygens (including phenoxy) is 1. The number of halogens is 1. The van der Waals surface area contributed by atoms with Crippen molar-refractivity contribution in [1.29, 1.82) is 5.26 Å². The van der Waals surface area contributed by atoms with Crippen molar-refractivity contribution in [3.63, 3.8) is 0 Å². The van der Waals surface area contributed by atoms with Crippen LogP contribution in [0.2, 0.25) is 0 Å². The second-order valence-corrected chi connectivity index (χ2v) is 5.75. The van der Waals surface area contributed by atoms with Gasteiger partial charge in [0.1, 0.15) is 23.2 Å². The van der Waals surface area contributed by atoms with Crippen molar-refractivity contribution in [3.05, 3.63) is 58.4 Å². The summed E-state index contributed by atoms with van der Waals surface area (Å²) < 4.78 is 19.1. The molecule has 1 heterocycles. The van der Waals surface area contributed by atoms with E-state index in [1.807, 2.05) is 13.0 Å². The first-order chi connectivity index (χ1) is 10.5. The number of nitriles is 1. The summed E-state index contributed by atoms with van der Waals surface area (Å²) in [5, 5.41) is 9.40. The number of carbonyl (C=O) groups excluding carboxylic acids is 1. The van der Waals surface area contributed by atoms with Crippen LogP contribution in [-0.4, -0.2) is 5.78 Å². The molecule has 0 aromatic heterocycles. The number of carbonyl (C=O) groups is 1. The maximum Gasteiger partial charge on any atom is 0.205 e. The van der Waals surface area contributed by atoms with Gasteiger partial charge in [-0.15, -0.1) is 0 Å². The minimum Gasteiger partial charge on any atom is -0.444 e. The number of nitrogens with two attached hydrogens (primary N) is 1. The molecule has 2 N–H and O–H groups in total. The molecule has 0 saturated carbocycles. The van der Waals surface area contributed by atoms with Gasteiger partial charge in [-0.3, -0.25) is 4.79 Å². The molecule has 4 nitrogen and oxygen atoms in total. The molecule has 2 aliphatic rings. The Balaban J connectivity index is 2.19. The molecule has 0 amide bonds. The molecule has 1 aromatic rings. The summed E-state index contributed by atoms with van der Waals surface area (Å²) >= 11 is 0. The Kier molecular flexibility index (Phi) is 3.45. The average Bonchev–Trinajstić information content (AvgIpc) is 2.45. The standard InChI is InChI=1S/C17H15FN2O2/c1-9-5-13(21)16-14(6-9)22-17(20)12(8-19)15(16)10-3-2-4-11(18)7-10/h2-4,7,9,15H,5-6,20H2,1H3/t9-,15+/m0/s1. The summed E-state index contributed by atoms with van der Waals surface area (Å²) in [5.74, 6) is -0.464. The smallest absolute Gasteiger partial charge is 0.205 e. The largest absolute Gasteiger partial charge is 0.444 e. The maximum atomic E-state index is 13.6. The number of benzene rings is 1. The fourth-order valence-electron chi connectivity index (χ4n) is 3.11. The number of Topliss-reactive ketones (excluding diaryl/α,β-unsaturated/α-hetero) is 1. The van der Waals surface area contributed by atoms with Crippen LogP contribution in [0.3, 0.4) is 0 Å². The summed E-state index contributed by atoms with van der Waals surface area (Å²) in [6.07, 6.45) is 0.985. The molecule has 22 heavy (non-hydrogen) atoms. The van der Waals surface area contributed by atoms with Gasteiger partial charge in [0.2, 0.25) is 5.88 Å².